The van der Waals surface area contributed by atoms with E-state index in [-0.39, 0.29) is 0 Å². The lowest BCUT2D eigenvalue weighted by Crippen LogP contribution is -1.91. The molecule has 0 bridgehead atoms. The van der Waals surface area contributed by atoms with Gasteiger partial charge in [0.25, 0.3) is 0 Å². The van der Waals surface area contributed by atoms with Crippen molar-refractivity contribution in [2.24, 2.45) is 9.98 Å². The van der Waals surface area contributed by atoms with Crippen LogP contribution in [0.3, 0.4) is 0 Å². The van der Waals surface area contributed by atoms with Gasteiger partial charge in [0, 0.05) is 5.56 Å². The Hall–Kier alpha value is -4.36. The molecule has 0 amide bonds. The average molecular weight is 388 g/mol. The minimum Gasteiger partial charge on any atom is -0.211 e. The van der Waals surface area contributed by atoms with Crippen molar-refractivity contribution in [3.8, 4) is 33.4 Å². The van der Waals surface area contributed by atoms with Gasteiger partial charge in [-0.05, 0) is 46.0 Å². The third-order valence-corrected chi connectivity index (χ3v) is 4.83. The first-order valence-electron chi connectivity index (χ1n) is 9.36. The predicted octanol–water partition coefficient (Wildman–Crippen LogP) is 6.62. The second-order valence-corrected chi connectivity index (χ2v) is 6.57. The summed E-state index contributed by atoms with van der Waals surface area (Å²) < 4.78 is 0. The first-order chi connectivity index (χ1) is 14.8. The van der Waals surface area contributed by atoms with Gasteiger partial charge in [-0.15, -0.1) is 0 Å². The van der Waals surface area contributed by atoms with Gasteiger partial charge in [0.1, 0.15) is 0 Å². The van der Waals surface area contributed by atoms with Crippen LogP contribution in [0.1, 0.15) is 0 Å². The molecule has 0 saturated carbocycles. The van der Waals surface area contributed by atoms with Crippen LogP contribution in [0.5, 0.6) is 0 Å². The maximum absolute atomic E-state index is 11.1. The lowest BCUT2D eigenvalue weighted by atomic mass is 9.86. The molecule has 4 rings (SSSR count). The minimum absolute atomic E-state index is 0.542. The van der Waals surface area contributed by atoms with Crippen LogP contribution >= 0.6 is 0 Å². The molecule has 0 fully saturated rings. The van der Waals surface area contributed by atoms with E-state index in [1.54, 1.807) is 24.3 Å². The van der Waals surface area contributed by atoms with Crippen LogP contribution in [-0.4, -0.2) is 12.2 Å². The lowest BCUT2D eigenvalue weighted by Gasteiger charge is -2.18. The first-order valence-corrected chi connectivity index (χ1v) is 9.36. The summed E-state index contributed by atoms with van der Waals surface area (Å²) in [7, 11) is 0. The molecule has 0 saturated heterocycles. The second-order valence-electron chi connectivity index (χ2n) is 6.57. The van der Waals surface area contributed by atoms with E-state index in [0.717, 1.165) is 33.4 Å². The monoisotopic (exact) mass is 388 g/mol. The Labute approximate surface area is 173 Å². The second kappa shape index (κ2) is 8.76. The smallest absolute Gasteiger partial charge is 0.211 e. The molecule has 0 aliphatic rings. The Morgan fingerprint density at radius 3 is 1.63 bits per heavy atom. The number of isocyanates is 2. The van der Waals surface area contributed by atoms with Crippen molar-refractivity contribution in [1.29, 1.82) is 0 Å². The van der Waals surface area contributed by atoms with Gasteiger partial charge in [-0.2, -0.15) is 9.98 Å². The molecule has 4 nitrogen and oxygen atoms in total. The zero-order chi connectivity index (χ0) is 20.8. The van der Waals surface area contributed by atoms with E-state index in [2.05, 4.69) is 9.98 Å². The third kappa shape index (κ3) is 3.78. The van der Waals surface area contributed by atoms with Gasteiger partial charge in [-0.25, -0.2) is 9.59 Å². The molecule has 4 heteroatoms. The summed E-state index contributed by atoms with van der Waals surface area (Å²) in [6.07, 6.45) is 3.24. The molecular formula is C26H16N2O2. The lowest BCUT2D eigenvalue weighted by molar-refractivity contribution is 0.564. The minimum atomic E-state index is 0.542. The molecule has 0 aliphatic heterocycles. The van der Waals surface area contributed by atoms with E-state index in [9.17, 15) is 9.59 Å². The Kier molecular flexibility index (Phi) is 5.54. The molecule has 0 spiro atoms. The number of aliphatic imine (C=N–C) groups is 2. The molecule has 0 aliphatic carbocycles. The van der Waals surface area contributed by atoms with Crippen molar-refractivity contribution in [2.45, 2.75) is 0 Å². The fourth-order valence-corrected chi connectivity index (χ4v) is 3.54. The molecule has 0 unspecified atom stereocenters. The van der Waals surface area contributed by atoms with E-state index in [0.29, 0.717) is 11.4 Å². The summed E-state index contributed by atoms with van der Waals surface area (Å²) in [6.45, 7) is 0. The van der Waals surface area contributed by atoms with Crippen molar-refractivity contribution in [3.05, 3.63) is 97.1 Å². The summed E-state index contributed by atoms with van der Waals surface area (Å²) in [5, 5.41) is 0. The quantitative estimate of drug-likeness (QED) is 0.285. The number of nitrogens with zero attached hydrogens (tertiary/aromatic N) is 2. The van der Waals surface area contributed by atoms with Crippen molar-refractivity contribution in [2.75, 3.05) is 0 Å². The van der Waals surface area contributed by atoms with E-state index < -0.39 is 0 Å². The van der Waals surface area contributed by atoms with Gasteiger partial charge >= 0.3 is 0 Å². The summed E-state index contributed by atoms with van der Waals surface area (Å²) >= 11 is 0. The summed E-state index contributed by atoms with van der Waals surface area (Å²) in [5.41, 5.74) is 6.81. The van der Waals surface area contributed by atoms with Gasteiger partial charge in [0.2, 0.25) is 12.2 Å². The van der Waals surface area contributed by atoms with Crippen LogP contribution in [0.25, 0.3) is 33.4 Å². The average Bonchev–Trinajstić information content (AvgIpc) is 2.81. The third-order valence-electron chi connectivity index (χ3n) is 4.83. The highest BCUT2D eigenvalue weighted by atomic mass is 16.1. The molecule has 0 radical (unpaired) electrons. The summed E-state index contributed by atoms with van der Waals surface area (Å²) in [4.78, 5) is 29.3. The predicted molar refractivity (Wildman–Crippen MR) is 118 cm³/mol. The van der Waals surface area contributed by atoms with Crippen molar-refractivity contribution in [3.63, 3.8) is 0 Å². The summed E-state index contributed by atoms with van der Waals surface area (Å²) in [6, 6.07) is 31.0. The molecule has 142 valence electrons. The zero-order valence-electron chi connectivity index (χ0n) is 15.9. The molecule has 0 N–H and O–H groups in total. The van der Waals surface area contributed by atoms with Crippen molar-refractivity contribution < 1.29 is 9.59 Å². The van der Waals surface area contributed by atoms with Crippen molar-refractivity contribution >= 4 is 23.5 Å². The number of rotatable bonds is 5. The van der Waals surface area contributed by atoms with E-state index in [1.165, 1.54) is 0 Å². The van der Waals surface area contributed by atoms with Crippen LogP contribution in [0.2, 0.25) is 0 Å². The fraction of sp³-hybridized carbons (Fsp3) is 0. The van der Waals surface area contributed by atoms with Gasteiger partial charge in [-0.1, -0.05) is 78.9 Å². The van der Waals surface area contributed by atoms with Crippen molar-refractivity contribution in [1.82, 2.24) is 0 Å². The fourth-order valence-electron chi connectivity index (χ4n) is 3.54. The molecule has 0 atom stereocenters. The van der Waals surface area contributed by atoms with Crippen LogP contribution in [0, 0.1) is 0 Å². The normalized spacial score (nSPS) is 10.0. The maximum Gasteiger partial charge on any atom is 0.240 e. The Bertz CT molecular complexity index is 1270. The zero-order valence-corrected chi connectivity index (χ0v) is 15.9. The number of hydrogen-bond donors (Lipinski definition) is 0. The topological polar surface area (TPSA) is 58.9 Å². The van der Waals surface area contributed by atoms with Crippen LogP contribution in [-0.2, 0) is 9.59 Å². The molecule has 4 aromatic carbocycles. The molecular weight excluding hydrogens is 372 g/mol. The Morgan fingerprint density at radius 2 is 1.07 bits per heavy atom. The van der Waals surface area contributed by atoms with E-state index >= 15 is 0 Å². The highest BCUT2D eigenvalue weighted by Crippen LogP contribution is 2.45. The van der Waals surface area contributed by atoms with E-state index in [4.69, 9.17) is 0 Å². The van der Waals surface area contributed by atoms with Crippen LogP contribution in [0.15, 0.2) is 107 Å². The largest absolute Gasteiger partial charge is 0.240 e. The Balaban J connectivity index is 2.06. The molecule has 4 aromatic rings. The molecule has 0 heterocycles. The Morgan fingerprint density at radius 1 is 0.500 bits per heavy atom. The van der Waals surface area contributed by atoms with Gasteiger partial charge in [0.05, 0.1) is 11.4 Å². The van der Waals surface area contributed by atoms with Gasteiger partial charge < -0.3 is 0 Å². The molecule has 0 aromatic heterocycles. The maximum atomic E-state index is 11.1. The van der Waals surface area contributed by atoms with Gasteiger partial charge in [-0.3, -0.25) is 0 Å². The highest BCUT2D eigenvalue weighted by molar-refractivity contribution is 5.99. The highest BCUT2D eigenvalue weighted by Gasteiger charge is 2.18. The standard InChI is InChI=1S/C26H16N2O2/c29-17-27-22-13-11-19(12-14-22)23-15-16-24(28-18-30)26(21-9-5-2-6-10-21)25(23)20-7-3-1-4-8-20/h1-16H. The molecule has 30 heavy (non-hydrogen) atoms. The number of carbonyl (C=O) groups excluding carboxylic acids is 2. The first kappa shape index (κ1) is 19.0. The van der Waals surface area contributed by atoms with Crippen LogP contribution in [0.4, 0.5) is 11.4 Å². The van der Waals surface area contributed by atoms with Crippen LogP contribution < -0.4 is 0 Å². The number of benzene rings is 4. The van der Waals surface area contributed by atoms with E-state index in [1.807, 2.05) is 84.9 Å². The SMILES string of the molecule is O=C=Nc1ccc(-c2ccc(N=C=O)c(-c3ccccc3)c2-c2ccccc2)cc1. The van der Waals surface area contributed by atoms with Gasteiger partial charge in [0.15, 0.2) is 0 Å². The summed E-state index contributed by atoms with van der Waals surface area (Å²) in [5.74, 6) is 0. The number of hydrogen-bond acceptors (Lipinski definition) is 4.